The van der Waals surface area contributed by atoms with Crippen LogP contribution in [0.3, 0.4) is 0 Å². The number of piperazine rings is 1. The molecule has 0 aliphatic carbocycles. The summed E-state index contributed by atoms with van der Waals surface area (Å²) in [6.45, 7) is 3.69. The van der Waals surface area contributed by atoms with Gasteiger partial charge in [-0.1, -0.05) is 48.5 Å². The molecule has 1 aliphatic rings. The molecule has 0 spiro atoms. The first kappa shape index (κ1) is 20.2. The number of rotatable bonds is 4. The molecule has 0 radical (unpaired) electrons. The fraction of sp³-hybridized carbons (Fsp3) is 0.350. The van der Waals surface area contributed by atoms with Gasteiger partial charge in [0.05, 0.1) is 6.04 Å². The summed E-state index contributed by atoms with van der Waals surface area (Å²) in [7, 11) is 0.186. The molecule has 1 atom stereocenters. The molecule has 3 rings (SSSR count). The van der Waals surface area contributed by atoms with Crippen LogP contribution in [0, 0.1) is 0 Å². The fourth-order valence-electron chi connectivity index (χ4n) is 2.97. The van der Waals surface area contributed by atoms with Crippen molar-refractivity contribution in [3.8, 4) is 0 Å². The maximum atomic E-state index is 9.65. The molecule has 2 aromatic rings. The lowest BCUT2D eigenvalue weighted by Crippen LogP contribution is -2.46. The van der Waals surface area contributed by atoms with Crippen molar-refractivity contribution in [2.24, 2.45) is 5.73 Å². The number of nitrogens with zero attached hydrogens (tertiary/aromatic N) is 2. The average molecular weight is 374 g/mol. The van der Waals surface area contributed by atoms with Crippen LogP contribution in [0.1, 0.15) is 18.0 Å². The Kier molecular flexibility index (Phi) is 8.34. The molecule has 26 heavy (non-hydrogen) atoms. The molecule has 1 aliphatic heterocycles. The lowest BCUT2D eigenvalue weighted by molar-refractivity contribution is 0.269. The van der Waals surface area contributed by atoms with E-state index in [1.54, 1.807) is 0 Å². The van der Waals surface area contributed by atoms with Gasteiger partial charge in [0.25, 0.3) is 0 Å². The molecule has 0 amide bonds. The van der Waals surface area contributed by atoms with Crippen LogP contribution in [0.25, 0.3) is 0 Å². The minimum Gasteiger partial charge on any atom is -0.362 e. The molecule has 140 valence electrons. The van der Waals surface area contributed by atoms with Crippen molar-refractivity contribution in [1.82, 2.24) is 4.90 Å². The molecular weight excluding hydrogens is 346 g/mol. The third-order valence-electron chi connectivity index (χ3n) is 4.28. The minimum atomic E-state index is -2.02. The summed E-state index contributed by atoms with van der Waals surface area (Å²) in [5.41, 5.74) is 7.70. The highest BCUT2D eigenvalue weighted by atomic mass is 32.2. The maximum Gasteiger partial charge on any atom is 0.209 e. The molecule has 1 heterocycles. The van der Waals surface area contributed by atoms with Crippen LogP contribution < -0.4 is 10.6 Å². The largest absolute Gasteiger partial charge is 0.362 e. The molecule has 2 N–H and O–H groups in total. The van der Waals surface area contributed by atoms with Gasteiger partial charge in [0.1, 0.15) is 0 Å². The van der Waals surface area contributed by atoms with Crippen LogP contribution in [0.5, 0.6) is 0 Å². The van der Waals surface area contributed by atoms with Gasteiger partial charge in [0.2, 0.25) is 10.3 Å². The third-order valence-corrected chi connectivity index (χ3v) is 4.78. The standard InChI is InChI=1S/C17H20N2.C3H7NO2S/c1-18-12-13-19(16-10-6-3-7-11-16)17(14-18)15-8-4-2-5-9-15;4-2-1-3-7(5)6/h2-11,17H,12-14H2,1H3;3H,1-2,4H2. The number of nitrogens with two attached hydrogens (primary N) is 1. The lowest BCUT2D eigenvalue weighted by Gasteiger charge is -2.41. The van der Waals surface area contributed by atoms with Gasteiger partial charge in [-0.05, 0) is 37.7 Å². The van der Waals surface area contributed by atoms with E-state index in [4.69, 9.17) is 5.73 Å². The third kappa shape index (κ3) is 6.29. The summed E-state index contributed by atoms with van der Waals surface area (Å²) in [5.74, 6) is 0. The van der Waals surface area contributed by atoms with Gasteiger partial charge in [-0.25, -0.2) is 0 Å². The first-order chi connectivity index (χ1) is 12.6. The predicted octanol–water partition coefficient (Wildman–Crippen LogP) is 2.20. The van der Waals surface area contributed by atoms with Crippen LogP contribution in [0.4, 0.5) is 5.69 Å². The Morgan fingerprint density at radius 1 is 1.04 bits per heavy atom. The highest BCUT2D eigenvalue weighted by Gasteiger charge is 2.26. The average Bonchev–Trinajstić information content (AvgIpc) is 2.68. The Morgan fingerprint density at radius 2 is 1.65 bits per heavy atom. The van der Waals surface area contributed by atoms with E-state index < -0.39 is 10.3 Å². The molecule has 0 aromatic heterocycles. The van der Waals surface area contributed by atoms with Gasteiger partial charge >= 0.3 is 0 Å². The van der Waals surface area contributed by atoms with Gasteiger partial charge in [-0.15, -0.1) is 0 Å². The fourth-order valence-corrected chi connectivity index (χ4v) is 3.30. The normalized spacial score (nSPS) is 17.2. The minimum absolute atomic E-state index is 0.397. The first-order valence-corrected chi connectivity index (χ1v) is 9.92. The lowest BCUT2D eigenvalue weighted by atomic mass is 10.0. The zero-order valence-electron chi connectivity index (χ0n) is 15.2. The monoisotopic (exact) mass is 373 g/mol. The van der Waals surface area contributed by atoms with Gasteiger partial charge < -0.3 is 15.5 Å². The summed E-state index contributed by atoms with van der Waals surface area (Å²) in [6.07, 6.45) is 0.441. The Balaban J connectivity index is 0.000000298. The van der Waals surface area contributed by atoms with E-state index in [-0.39, 0.29) is 0 Å². The van der Waals surface area contributed by atoms with Crippen molar-refractivity contribution in [2.45, 2.75) is 12.5 Å². The van der Waals surface area contributed by atoms with Gasteiger partial charge in [0.15, 0.2) is 0 Å². The van der Waals surface area contributed by atoms with Gasteiger partial charge in [-0.3, -0.25) is 0 Å². The Bertz CT molecular complexity index is 771. The van der Waals surface area contributed by atoms with Crippen LogP contribution >= 0.6 is 0 Å². The zero-order chi connectivity index (χ0) is 18.8. The number of hydrogen-bond acceptors (Lipinski definition) is 5. The number of hydrogen-bond donors (Lipinski definition) is 1. The second-order valence-corrected chi connectivity index (χ2v) is 7.08. The van der Waals surface area contributed by atoms with Gasteiger partial charge in [-0.2, -0.15) is 8.42 Å². The SMILES string of the molecule is CN1CCN(c2ccccc2)C(c2ccccc2)C1.NCCC=S(=O)=O. The smallest absolute Gasteiger partial charge is 0.209 e. The Labute approximate surface area is 157 Å². The van der Waals surface area contributed by atoms with Crippen molar-refractivity contribution in [3.63, 3.8) is 0 Å². The van der Waals surface area contributed by atoms with Crippen molar-refractivity contribution >= 4 is 21.3 Å². The molecule has 5 nitrogen and oxygen atoms in total. The molecule has 1 saturated heterocycles. The number of para-hydroxylation sites is 1. The van der Waals surface area contributed by atoms with E-state index in [0.29, 0.717) is 19.0 Å². The van der Waals surface area contributed by atoms with Crippen LogP contribution in [-0.2, 0) is 10.3 Å². The summed E-state index contributed by atoms with van der Waals surface area (Å²) in [4.78, 5) is 4.94. The number of anilines is 1. The van der Waals surface area contributed by atoms with E-state index in [1.165, 1.54) is 11.3 Å². The molecule has 6 heteroatoms. The zero-order valence-corrected chi connectivity index (χ0v) is 16.0. The molecule has 0 bridgehead atoms. The van der Waals surface area contributed by atoms with E-state index >= 15 is 0 Å². The van der Waals surface area contributed by atoms with E-state index in [1.807, 2.05) is 0 Å². The van der Waals surface area contributed by atoms with Crippen LogP contribution in [0.15, 0.2) is 60.7 Å². The maximum absolute atomic E-state index is 9.65. The highest BCUT2D eigenvalue weighted by Crippen LogP contribution is 2.29. The summed E-state index contributed by atoms with van der Waals surface area (Å²) >= 11 is 0. The van der Waals surface area contributed by atoms with Crippen molar-refractivity contribution in [1.29, 1.82) is 0 Å². The second-order valence-electron chi connectivity index (χ2n) is 6.22. The van der Waals surface area contributed by atoms with E-state index in [0.717, 1.165) is 25.0 Å². The first-order valence-electron chi connectivity index (χ1n) is 8.78. The Hall–Kier alpha value is -2.15. The summed E-state index contributed by atoms with van der Waals surface area (Å²) in [5, 5.41) is 1.14. The van der Waals surface area contributed by atoms with Crippen LogP contribution in [0.2, 0.25) is 0 Å². The molecule has 0 saturated carbocycles. The number of likely N-dealkylation sites (N-methyl/N-ethyl adjacent to an activating group) is 1. The predicted molar refractivity (Wildman–Crippen MR) is 109 cm³/mol. The highest BCUT2D eigenvalue weighted by molar-refractivity contribution is 7.71. The van der Waals surface area contributed by atoms with Gasteiger partial charge in [0, 0.05) is 30.7 Å². The van der Waals surface area contributed by atoms with Crippen LogP contribution in [-0.4, -0.2) is 51.9 Å². The number of benzene rings is 2. The van der Waals surface area contributed by atoms with Crippen molar-refractivity contribution < 1.29 is 8.42 Å². The molecule has 2 aromatic carbocycles. The second kappa shape index (κ2) is 10.8. The van der Waals surface area contributed by atoms with E-state index in [9.17, 15) is 8.42 Å². The Morgan fingerprint density at radius 3 is 2.19 bits per heavy atom. The van der Waals surface area contributed by atoms with Crippen molar-refractivity contribution in [3.05, 3.63) is 66.2 Å². The van der Waals surface area contributed by atoms with E-state index in [2.05, 4.69) is 77.5 Å². The van der Waals surface area contributed by atoms with Crippen molar-refractivity contribution in [2.75, 3.05) is 38.1 Å². The molecule has 1 unspecified atom stereocenters. The quantitative estimate of drug-likeness (QED) is 0.832. The summed E-state index contributed by atoms with van der Waals surface area (Å²) < 4.78 is 19.3. The molecular formula is C20H27N3O2S. The molecule has 1 fully saturated rings. The summed E-state index contributed by atoms with van der Waals surface area (Å²) in [6, 6.07) is 22.0. The topological polar surface area (TPSA) is 66.6 Å².